The highest BCUT2D eigenvalue weighted by Gasteiger charge is 2.36. The Labute approximate surface area is 315 Å². The lowest BCUT2D eigenvalue weighted by molar-refractivity contribution is 0.660. The lowest BCUT2D eigenvalue weighted by atomic mass is 9.82. The van der Waals surface area contributed by atoms with Gasteiger partial charge in [-0.25, -0.2) is 0 Å². The molecule has 0 saturated heterocycles. The van der Waals surface area contributed by atoms with Gasteiger partial charge >= 0.3 is 0 Å². The summed E-state index contributed by atoms with van der Waals surface area (Å²) >= 11 is 1.87. The molecular formula is C51H37NS. The number of anilines is 3. The van der Waals surface area contributed by atoms with Crippen molar-refractivity contribution in [3.05, 3.63) is 199 Å². The van der Waals surface area contributed by atoms with Crippen molar-refractivity contribution in [2.75, 3.05) is 4.90 Å². The minimum absolute atomic E-state index is 0.127. The maximum Gasteiger partial charge on any atom is 0.0540 e. The van der Waals surface area contributed by atoms with E-state index in [1.807, 2.05) is 11.3 Å². The van der Waals surface area contributed by atoms with Crippen LogP contribution >= 0.6 is 11.3 Å². The molecule has 8 aromatic carbocycles. The van der Waals surface area contributed by atoms with E-state index in [1.54, 1.807) is 0 Å². The first-order valence-electron chi connectivity index (χ1n) is 18.4. The first-order valence-corrected chi connectivity index (χ1v) is 19.2. The molecule has 0 radical (unpaired) electrons. The van der Waals surface area contributed by atoms with Gasteiger partial charge < -0.3 is 4.90 Å². The Hall–Kier alpha value is -6.22. The maximum absolute atomic E-state index is 2.51. The zero-order valence-corrected chi connectivity index (χ0v) is 30.6. The van der Waals surface area contributed by atoms with Gasteiger partial charge in [0.25, 0.3) is 0 Å². The summed E-state index contributed by atoms with van der Waals surface area (Å²) in [5.74, 6) is 0. The van der Waals surface area contributed by atoms with Crippen molar-refractivity contribution in [2.45, 2.75) is 19.3 Å². The van der Waals surface area contributed by atoms with Crippen molar-refractivity contribution in [1.29, 1.82) is 0 Å². The average molecular weight is 696 g/mol. The van der Waals surface area contributed by atoms with Crippen LogP contribution in [0.5, 0.6) is 0 Å². The van der Waals surface area contributed by atoms with Crippen LogP contribution in [0.25, 0.3) is 64.7 Å². The number of thiophene rings is 1. The summed E-state index contributed by atoms with van der Waals surface area (Å²) < 4.78 is 2.62. The van der Waals surface area contributed by atoms with Gasteiger partial charge in [0.2, 0.25) is 0 Å². The monoisotopic (exact) mass is 695 g/mol. The molecule has 0 unspecified atom stereocenters. The van der Waals surface area contributed by atoms with E-state index >= 15 is 0 Å². The smallest absolute Gasteiger partial charge is 0.0540 e. The van der Waals surface area contributed by atoms with Gasteiger partial charge in [-0.3, -0.25) is 0 Å². The van der Waals surface area contributed by atoms with E-state index < -0.39 is 0 Å². The van der Waals surface area contributed by atoms with Gasteiger partial charge in [-0.2, -0.15) is 0 Å². The van der Waals surface area contributed by atoms with Gasteiger partial charge in [0.1, 0.15) is 0 Å². The first kappa shape index (κ1) is 31.5. The molecule has 0 N–H and O–H groups in total. The van der Waals surface area contributed by atoms with Crippen LogP contribution in [0.1, 0.15) is 25.0 Å². The number of hydrogen-bond donors (Lipinski definition) is 0. The van der Waals surface area contributed by atoms with E-state index in [2.05, 4.69) is 207 Å². The van der Waals surface area contributed by atoms with Crippen LogP contribution in [0.4, 0.5) is 17.1 Å². The SMILES string of the molecule is CC1(C)c2ccccc2-c2ccc(N(c3ccccc3-c3cccc(-c4ccccc4)c3)c3ccccc3-c3cccc4sc5ccccc5c34)cc21. The third-order valence-corrected chi connectivity index (χ3v) is 12.2. The molecule has 0 bridgehead atoms. The molecule has 1 aliphatic rings. The van der Waals surface area contributed by atoms with Gasteiger partial charge in [-0.05, 0) is 87.0 Å². The number of nitrogens with zero attached hydrogens (tertiary/aromatic N) is 1. The summed E-state index contributed by atoms with van der Waals surface area (Å²) in [4.78, 5) is 2.51. The predicted octanol–water partition coefficient (Wildman–Crippen LogP) is 14.8. The third-order valence-electron chi connectivity index (χ3n) is 11.1. The fraction of sp³-hybridized carbons (Fsp3) is 0.0588. The molecule has 9 aromatic rings. The average Bonchev–Trinajstić information content (AvgIpc) is 3.71. The molecule has 252 valence electrons. The highest BCUT2D eigenvalue weighted by Crippen LogP contribution is 2.53. The molecule has 0 aliphatic heterocycles. The second kappa shape index (κ2) is 12.5. The molecule has 1 aliphatic carbocycles. The Balaban J connectivity index is 1.23. The maximum atomic E-state index is 2.51. The first-order chi connectivity index (χ1) is 26.1. The van der Waals surface area contributed by atoms with Crippen LogP contribution in [0.2, 0.25) is 0 Å². The van der Waals surface area contributed by atoms with E-state index in [-0.39, 0.29) is 5.41 Å². The van der Waals surface area contributed by atoms with Gasteiger partial charge in [-0.1, -0.05) is 159 Å². The van der Waals surface area contributed by atoms with Crippen molar-refractivity contribution in [1.82, 2.24) is 0 Å². The van der Waals surface area contributed by atoms with E-state index in [4.69, 9.17) is 0 Å². The quantitative estimate of drug-likeness (QED) is 0.167. The zero-order chi connectivity index (χ0) is 35.5. The van der Waals surface area contributed by atoms with Crippen LogP contribution in [0.3, 0.4) is 0 Å². The summed E-state index contributed by atoms with van der Waals surface area (Å²) in [6.45, 7) is 4.73. The summed E-state index contributed by atoms with van der Waals surface area (Å²) in [5, 5.41) is 2.62. The molecule has 0 fully saturated rings. The van der Waals surface area contributed by atoms with Crippen molar-refractivity contribution in [2.24, 2.45) is 0 Å². The van der Waals surface area contributed by atoms with Gasteiger partial charge in [0.15, 0.2) is 0 Å². The topological polar surface area (TPSA) is 3.24 Å². The molecule has 0 spiro atoms. The summed E-state index contributed by atoms with van der Waals surface area (Å²) in [6, 6.07) is 69.1. The number of fused-ring (bicyclic) bond motifs is 6. The molecule has 2 heteroatoms. The van der Waals surface area contributed by atoms with E-state index in [9.17, 15) is 0 Å². The van der Waals surface area contributed by atoms with E-state index in [0.29, 0.717) is 0 Å². The minimum atomic E-state index is -0.127. The Bertz CT molecular complexity index is 2820. The fourth-order valence-electron chi connectivity index (χ4n) is 8.54. The van der Waals surface area contributed by atoms with Crippen molar-refractivity contribution in [3.8, 4) is 44.5 Å². The molecular weight excluding hydrogens is 659 g/mol. The second-order valence-corrected chi connectivity index (χ2v) is 15.6. The van der Waals surface area contributed by atoms with Crippen molar-refractivity contribution in [3.63, 3.8) is 0 Å². The van der Waals surface area contributed by atoms with Crippen LogP contribution in [-0.4, -0.2) is 0 Å². The Morgan fingerprint density at radius 3 is 1.83 bits per heavy atom. The van der Waals surface area contributed by atoms with E-state index in [1.165, 1.54) is 75.8 Å². The molecule has 0 atom stereocenters. The summed E-state index contributed by atoms with van der Waals surface area (Å²) in [6.07, 6.45) is 0. The summed E-state index contributed by atoms with van der Waals surface area (Å²) in [7, 11) is 0. The number of rotatable bonds is 6. The Morgan fingerprint density at radius 2 is 0.981 bits per heavy atom. The van der Waals surface area contributed by atoms with E-state index in [0.717, 1.165) is 17.1 Å². The van der Waals surface area contributed by atoms with Crippen LogP contribution in [0, 0.1) is 0 Å². The standard InChI is InChI=1S/C51H37NS/c1-51(2)44-25-10-6-21-39(44)40-31-30-37(33-45(40)51)52(46-26-11-7-20-38(46)36-19-14-18-35(32-36)34-16-4-3-5-17-34)47-27-12-8-22-41(47)42-24-15-29-49-50(42)43-23-9-13-28-48(43)53-49/h3-33H,1-2H3. The molecule has 1 aromatic heterocycles. The lowest BCUT2D eigenvalue weighted by Gasteiger charge is -2.31. The largest absolute Gasteiger partial charge is 0.309 e. The summed E-state index contributed by atoms with van der Waals surface area (Å²) in [5.41, 5.74) is 15.9. The molecule has 0 saturated carbocycles. The van der Waals surface area contributed by atoms with Crippen LogP contribution < -0.4 is 4.90 Å². The predicted molar refractivity (Wildman–Crippen MR) is 228 cm³/mol. The minimum Gasteiger partial charge on any atom is -0.309 e. The number of para-hydroxylation sites is 2. The molecule has 10 rings (SSSR count). The van der Waals surface area contributed by atoms with Gasteiger partial charge in [0.05, 0.1) is 11.4 Å². The molecule has 1 nitrogen and oxygen atoms in total. The molecule has 53 heavy (non-hydrogen) atoms. The lowest BCUT2D eigenvalue weighted by Crippen LogP contribution is -2.17. The number of hydrogen-bond acceptors (Lipinski definition) is 2. The van der Waals surface area contributed by atoms with Crippen molar-refractivity contribution >= 4 is 48.6 Å². The third kappa shape index (κ3) is 5.13. The van der Waals surface area contributed by atoms with Gasteiger partial charge in [-0.15, -0.1) is 11.3 Å². The Morgan fingerprint density at radius 1 is 0.396 bits per heavy atom. The normalized spacial score (nSPS) is 12.9. The molecule has 0 amide bonds. The van der Waals surface area contributed by atoms with Crippen LogP contribution in [0.15, 0.2) is 188 Å². The fourth-order valence-corrected chi connectivity index (χ4v) is 9.68. The van der Waals surface area contributed by atoms with Gasteiger partial charge in [0, 0.05) is 42.4 Å². The number of benzene rings is 8. The highest BCUT2D eigenvalue weighted by atomic mass is 32.1. The van der Waals surface area contributed by atoms with Crippen molar-refractivity contribution < 1.29 is 0 Å². The zero-order valence-electron chi connectivity index (χ0n) is 29.8. The van der Waals surface area contributed by atoms with Crippen LogP contribution in [-0.2, 0) is 5.41 Å². The second-order valence-electron chi connectivity index (χ2n) is 14.5. The highest BCUT2D eigenvalue weighted by molar-refractivity contribution is 7.25. The Kier molecular flexibility index (Phi) is 7.42. The molecule has 1 heterocycles.